The third-order valence-corrected chi connectivity index (χ3v) is 1.72. The van der Waals surface area contributed by atoms with Crippen molar-refractivity contribution in [2.75, 3.05) is 0 Å². The highest BCUT2D eigenvalue weighted by Crippen LogP contribution is 1.93. The van der Waals surface area contributed by atoms with Gasteiger partial charge in [-0.1, -0.05) is 6.92 Å². The molecular weight excluding hydrogens is 172 g/mol. The molecule has 0 aromatic rings. The maximum Gasteiger partial charge on any atom is 0.325 e. The maximum absolute atomic E-state index is 11.1. The summed E-state index contributed by atoms with van der Waals surface area (Å²) in [7, 11) is 0. The molecule has 0 heterocycles. The van der Waals surface area contributed by atoms with Gasteiger partial charge in [-0.25, -0.2) is 0 Å². The third-order valence-electron chi connectivity index (χ3n) is 1.72. The largest absolute Gasteiger partial charge is 0.480 e. The Morgan fingerprint density at radius 1 is 1.54 bits per heavy atom. The van der Waals surface area contributed by atoms with Crippen molar-refractivity contribution in [2.24, 2.45) is 5.73 Å². The average Bonchev–Trinajstić information content (AvgIpc) is 2.03. The zero-order valence-electron chi connectivity index (χ0n) is 7.91. The van der Waals surface area contributed by atoms with Gasteiger partial charge in [0.05, 0.1) is 0 Å². The Labute approximate surface area is 77.3 Å². The topological polar surface area (TPSA) is 92.4 Å². The number of carbonyl (C=O) groups excluding carboxylic acids is 1. The van der Waals surface area contributed by atoms with Gasteiger partial charge in [0, 0.05) is 12.5 Å². The monoisotopic (exact) mass is 188 g/mol. The van der Waals surface area contributed by atoms with Crippen LogP contribution < -0.4 is 11.1 Å². The molecule has 1 amide bonds. The van der Waals surface area contributed by atoms with Crippen LogP contribution in [-0.4, -0.2) is 29.1 Å². The first-order valence-corrected chi connectivity index (χ1v) is 4.25. The highest BCUT2D eigenvalue weighted by Gasteiger charge is 2.15. The Balaban J connectivity index is 3.81. The van der Waals surface area contributed by atoms with Gasteiger partial charge in [0.15, 0.2) is 0 Å². The fourth-order valence-electron chi connectivity index (χ4n) is 0.745. The zero-order valence-corrected chi connectivity index (χ0v) is 7.91. The second-order valence-electron chi connectivity index (χ2n) is 3.00. The molecule has 2 unspecified atom stereocenters. The second-order valence-corrected chi connectivity index (χ2v) is 3.00. The van der Waals surface area contributed by atoms with Gasteiger partial charge in [-0.2, -0.15) is 0 Å². The summed E-state index contributed by atoms with van der Waals surface area (Å²) in [6.45, 7) is 3.29. The van der Waals surface area contributed by atoms with Gasteiger partial charge in [0.1, 0.15) is 6.04 Å². The first kappa shape index (κ1) is 11.9. The predicted molar refractivity (Wildman–Crippen MR) is 48.1 cm³/mol. The molecule has 0 aromatic carbocycles. The molecule has 0 spiro atoms. The van der Waals surface area contributed by atoms with Crippen molar-refractivity contribution < 1.29 is 14.7 Å². The minimum atomic E-state index is -1.04. The van der Waals surface area contributed by atoms with E-state index in [0.717, 1.165) is 0 Å². The van der Waals surface area contributed by atoms with Crippen molar-refractivity contribution in [1.82, 2.24) is 5.32 Å². The van der Waals surface area contributed by atoms with Crippen LogP contribution in [0, 0.1) is 0 Å². The van der Waals surface area contributed by atoms with Gasteiger partial charge >= 0.3 is 5.97 Å². The standard InChI is InChI=1S/C8H16N2O3/c1-3-6(9)4-7(11)10-5(2)8(12)13/h5-6H,3-4,9H2,1-2H3,(H,10,11)(H,12,13). The lowest BCUT2D eigenvalue weighted by atomic mass is 10.1. The van der Waals surface area contributed by atoms with Gasteiger partial charge in [0.25, 0.3) is 0 Å². The Morgan fingerprint density at radius 3 is 2.46 bits per heavy atom. The van der Waals surface area contributed by atoms with Crippen LogP contribution in [0.4, 0.5) is 0 Å². The van der Waals surface area contributed by atoms with Gasteiger partial charge < -0.3 is 16.2 Å². The number of carbonyl (C=O) groups is 2. The molecule has 76 valence electrons. The molecule has 0 saturated carbocycles. The second kappa shape index (κ2) is 5.53. The van der Waals surface area contributed by atoms with E-state index in [0.29, 0.717) is 6.42 Å². The van der Waals surface area contributed by atoms with Crippen LogP contribution in [-0.2, 0) is 9.59 Å². The number of amides is 1. The molecule has 0 aromatic heterocycles. The smallest absolute Gasteiger partial charge is 0.325 e. The van der Waals surface area contributed by atoms with Crippen LogP contribution in [0.15, 0.2) is 0 Å². The first-order valence-electron chi connectivity index (χ1n) is 4.25. The van der Waals surface area contributed by atoms with E-state index in [4.69, 9.17) is 10.8 Å². The molecule has 0 saturated heterocycles. The summed E-state index contributed by atoms with van der Waals surface area (Å²) in [5.41, 5.74) is 5.52. The number of aliphatic carboxylic acids is 1. The number of carboxylic acid groups (broad SMARTS) is 1. The fourth-order valence-corrected chi connectivity index (χ4v) is 0.745. The quantitative estimate of drug-likeness (QED) is 0.552. The molecule has 5 heteroatoms. The summed E-state index contributed by atoms with van der Waals surface area (Å²) in [4.78, 5) is 21.4. The molecule has 0 radical (unpaired) electrons. The average molecular weight is 188 g/mol. The van der Waals surface area contributed by atoms with E-state index in [1.54, 1.807) is 0 Å². The van der Waals surface area contributed by atoms with E-state index in [1.807, 2.05) is 6.92 Å². The van der Waals surface area contributed by atoms with Gasteiger partial charge in [0.2, 0.25) is 5.91 Å². The molecule has 0 aliphatic rings. The van der Waals surface area contributed by atoms with Crippen molar-refractivity contribution >= 4 is 11.9 Å². The lowest BCUT2D eigenvalue weighted by molar-refractivity contribution is -0.141. The normalized spacial score (nSPS) is 14.7. The van der Waals surface area contributed by atoms with Crippen LogP contribution in [0.3, 0.4) is 0 Å². The fraction of sp³-hybridized carbons (Fsp3) is 0.750. The van der Waals surface area contributed by atoms with E-state index in [1.165, 1.54) is 6.92 Å². The maximum atomic E-state index is 11.1. The number of carboxylic acids is 1. The molecule has 13 heavy (non-hydrogen) atoms. The van der Waals surface area contributed by atoms with E-state index < -0.39 is 12.0 Å². The van der Waals surface area contributed by atoms with E-state index in [9.17, 15) is 9.59 Å². The highest BCUT2D eigenvalue weighted by atomic mass is 16.4. The molecule has 0 rings (SSSR count). The van der Waals surface area contributed by atoms with Crippen LogP contribution in [0.25, 0.3) is 0 Å². The van der Waals surface area contributed by atoms with Crippen molar-refractivity contribution in [2.45, 2.75) is 38.8 Å². The van der Waals surface area contributed by atoms with E-state index >= 15 is 0 Å². The number of hydrogen-bond donors (Lipinski definition) is 3. The Kier molecular flexibility index (Phi) is 5.06. The molecule has 0 bridgehead atoms. The molecule has 0 aliphatic carbocycles. The number of nitrogens with two attached hydrogens (primary N) is 1. The summed E-state index contributed by atoms with van der Waals surface area (Å²) in [5, 5.41) is 10.8. The summed E-state index contributed by atoms with van der Waals surface area (Å²) >= 11 is 0. The van der Waals surface area contributed by atoms with Gasteiger partial charge in [-0.05, 0) is 13.3 Å². The summed E-state index contributed by atoms with van der Waals surface area (Å²) in [6, 6.07) is -1.04. The van der Waals surface area contributed by atoms with Crippen molar-refractivity contribution in [3.8, 4) is 0 Å². The Bertz CT molecular complexity index is 194. The SMILES string of the molecule is CCC(N)CC(=O)NC(C)C(=O)O. The highest BCUT2D eigenvalue weighted by molar-refractivity contribution is 5.83. The van der Waals surface area contributed by atoms with Crippen molar-refractivity contribution in [3.05, 3.63) is 0 Å². The molecule has 5 nitrogen and oxygen atoms in total. The van der Waals surface area contributed by atoms with Crippen LogP contribution in [0.2, 0.25) is 0 Å². The summed E-state index contributed by atoms with van der Waals surface area (Å²) in [6.07, 6.45) is 0.878. The third kappa shape index (κ3) is 5.19. The Morgan fingerprint density at radius 2 is 2.08 bits per heavy atom. The Hall–Kier alpha value is -1.10. The number of nitrogens with one attached hydrogen (secondary N) is 1. The lowest BCUT2D eigenvalue weighted by Gasteiger charge is -2.11. The minimum absolute atomic E-state index is 0.175. The van der Waals surface area contributed by atoms with E-state index in [-0.39, 0.29) is 18.4 Å². The molecule has 0 aliphatic heterocycles. The number of hydrogen-bond acceptors (Lipinski definition) is 3. The summed E-state index contributed by atoms with van der Waals surface area (Å²) < 4.78 is 0. The van der Waals surface area contributed by atoms with Crippen molar-refractivity contribution in [3.63, 3.8) is 0 Å². The predicted octanol–water partition coefficient (Wildman–Crippen LogP) is -0.297. The van der Waals surface area contributed by atoms with Gasteiger partial charge in [-0.15, -0.1) is 0 Å². The van der Waals surface area contributed by atoms with Gasteiger partial charge in [-0.3, -0.25) is 9.59 Å². The van der Waals surface area contributed by atoms with Crippen LogP contribution in [0.1, 0.15) is 26.7 Å². The lowest BCUT2D eigenvalue weighted by Crippen LogP contribution is -2.40. The number of rotatable bonds is 5. The molecular formula is C8H16N2O3. The zero-order chi connectivity index (χ0) is 10.4. The van der Waals surface area contributed by atoms with Crippen LogP contribution >= 0.6 is 0 Å². The van der Waals surface area contributed by atoms with Crippen molar-refractivity contribution in [1.29, 1.82) is 0 Å². The molecule has 2 atom stereocenters. The molecule has 4 N–H and O–H groups in total. The summed E-state index contributed by atoms with van der Waals surface area (Å²) in [5.74, 6) is -1.36. The minimum Gasteiger partial charge on any atom is -0.480 e. The van der Waals surface area contributed by atoms with Crippen LogP contribution in [0.5, 0.6) is 0 Å². The molecule has 0 fully saturated rings. The first-order chi connectivity index (χ1) is 5.97. The van der Waals surface area contributed by atoms with E-state index in [2.05, 4.69) is 5.32 Å².